The molecule has 1 heteroatoms. The first-order valence-electron chi connectivity index (χ1n) is 7.09. The van der Waals surface area contributed by atoms with E-state index in [9.17, 15) is 0 Å². The fourth-order valence-corrected chi connectivity index (χ4v) is 4.97. The third-order valence-electron chi connectivity index (χ3n) is 5.28. The molecule has 0 spiro atoms. The van der Waals surface area contributed by atoms with Crippen molar-refractivity contribution in [2.75, 3.05) is 0 Å². The molecule has 0 aliphatic heterocycles. The molecule has 4 bridgehead atoms. The Bertz CT molecular complexity index is 372. The molecule has 3 unspecified atom stereocenters. The van der Waals surface area contributed by atoms with Gasteiger partial charge >= 0.3 is 0 Å². The van der Waals surface area contributed by atoms with Crippen LogP contribution in [-0.2, 0) is 4.74 Å². The molecular formula is C16H22O. The minimum atomic E-state index is -0.00169. The molecule has 0 saturated heterocycles. The first-order valence-corrected chi connectivity index (χ1v) is 7.09. The molecule has 0 amide bonds. The number of rotatable bonds is 1. The predicted octanol–water partition coefficient (Wildman–Crippen LogP) is 3.42. The number of ether oxygens (including phenoxy) is 1. The molecule has 0 heterocycles. The van der Waals surface area contributed by atoms with E-state index in [1.165, 1.54) is 6.42 Å². The highest BCUT2D eigenvalue weighted by Gasteiger charge is 2.61. The highest BCUT2D eigenvalue weighted by molar-refractivity contribution is 5.29. The van der Waals surface area contributed by atoms with Gasteiger partial charge in [-0.1, -0.05) is 24.3 Å². The molecular weight excluding hydrogens is 208 g/mol. The summed E-state index contributed by atoms with van der Waals surface area (Å²) in [5, 5.41) is 0. The van der Waals surface area contributed by atoms with E-state index in [0.717, 1.165) is 23.7 Å². The lowest BCUT2D eigenvalue weighted by molar-refractivity contribution is -0.0810. The highest BCUT2D eigenvalue weighted by Crippen LogP contribution is 2.64. The van der Waals surface area contributed by atoms with E-state index in [2.05, 4.69) is 45.1 Å². The van der Waals surface area contributed by atoms with Crippen LogP contribution in [0.1, 0.15) is 27.2 Å². The Morgan fingerprint density at radius 2 is 1.41 bits per heavy atom. The zero-order chi connectivity index (χ0) is 11.8. The average molecular weight is 230 g/mol. The van der Waals surface area contributed by atoms with Crippen LogP contribution in [0.2, 0.25) is 0 Å². The van der Waals surface area contributed by atoms with Crippen molar-refractivity contribution in [3.63, 3.8) is 0 Å². The maximum absolute atomic E-state index is 6.36. The summed E-state index contributed by atoms with van der Waals surface area (Å²) in [6, 6.07) is 0. The third kappa shape index (κ3) is 1.29. The van der Waals surface area contributed by atoms with Crippen LogP contribution >= 0.6 is 0 Å². The lowest BCUT2D eigenvalue weighted by Crippen LogP contribution is -2.32. The topological polar surface area (TPSA) is 9.23 Å². The largest absolute Gasteiger partial charge is 0.371 e. The fourth-order valence-electron chi connectivity index (χ4n) is 4.97. The van der Waals surface area contributed by atoms with E-state index >= 15 is 0 Å². The Labute approximate surface area is 104 Å². The quantitative estimate of drug-likeness (QED) is 0.495. The van der Waals surface area contributed by atoms with Crippen LogP contribution < -0.4 is 0 Å². The minimum Gasteiger partial charge on any atom is -0.371 e. The first-order chi connectivity index (χ1) is 8.04. The van der Waals surface area contributed by atoms with E-state index < -0.39 is 0 Å². The van der Waals surface area contributed by atoms with Crippen molar-refractivity contribution >= 4 is 0 Å². The normalized spacial score (nSPS) is 53.7. The fraction of sp³-hybridized carbons (Fsp3) is 0.750. The third-order valence-corrected chi connectivity index (χ3v) is 5.28. The van der Waals surface area contributed by atoms with Gasteiger partial charge in [-0.15, -0.1) is 0 Å². The zero-order valence-corrected chi connectivity index (χ0v) is 11.0. The Hall–Kier alpha value is -0.560. The molecule has 4 rings (SSSR count). The van der Waals surface area contributed by atoms with Gasteiger partial charge in [-0.05, 0) is 50.9 Å². The van der Waals surface area contributed by atoms with Gasteiger partial charge in [-0.2, -0.15) is 0 Å². The molecule has 0 aromatic carbocycles. The second-order valence-electron chi connectivity index (χ2n) is 7.34. The highest BCUT2D eigenvalue weighted by atomic mass is 16.5. The Morgan fingerprint density at radius 3 is 1.88 bits per heavy atom. The number of hydrogen-bond donors (Lipinski definition) is 0. The van der Waals surface area contributed by atoms with Crippen molar-refractivity contribution in [1.29, 1.82) is 0 Å². The number of hydrogen-bond acceptors (Lipinski definition) is 1. The molecule has 2 fully saturated rings. The summed E-state index contributed by atoms with van der Waals surface area (Å²) in [5.41, 5.74) is -0.00169. The Morgan fingerprint density at radius 1 is 0.882 bits per heavy atom. The maximum Gasteiger partial charge on any atom is 0.0713 e. The molecule has 0 aromatic rings. The average Bonchev–Trinajstić information content (AvgIpc) is 2.93. The summed E-state index contributed by atoms with van der Waals surface area (Å²) in [5.74, 6) is 4.90. The summed E-state index contributed by atoms with van der Waals surface area (Å²) >= 11 is 0. The maximum atomic E-state index is 6.36. The van der Waals surface area contributed by atoms with Crippen molar-refractivity contribution < 1.29 is 4.74 Å². The minimum absolute atomic E-state index is 0.00169. The van der Waals surface area contributed by atoms with E-state index in [0.29, 0.717) is 17.9 Å². The van der Waals surface area contributed by atoms with E-state index in [1.54, 1.807) is 0 Å². The van der Waals surface area contributed by atoms with Crippen LogP contribution in [0.25, 0.3) is 0 Å². The molecule has 4 aliphatic rings. The summed E-state index contributed by atoms with van der Waals surface area (Å²) in [6.45, 7) is 6.56. The summed E-state index contributed by atoms with van der Waals surface area (Å²) in [6.07, 6.45) is 11.8. The van der Waals surface area contributed by atoms with Crippen LogP contribution in [-0.4, -0.2) is 11.7 Å². The van der Waals surface area contributed by atoms with Gasteiger partial charge in [0.1, 0.15) is 0 Å². The van der Waals surface area contributed by atoms with Gasteiger partial charge < -0.3 is 4.74 Å². The SMILES string of the molecule is CC(C)(C)OC1[C@H]2C=C[C@@H]1C1C2[C@H]2C=C[C@@H]1C2. The zero-order valence-electron chi connectivity index (χ0n) is 11.0. The molecule has 0 aromatic heterocycles. The molecule has 1 nitrogen and oxygen atoms in total. The van der Waals surface area contributed by atoms with Crippen LogP contribution in [0.15, 0.2) is 24.3 Å². The van der Waals surface area contributed by atoms with Gasteiger partial charge in [-0.25, -0.2) is 0 Å². The van der Waals surface area contributed by atoms with Crippen molar-refractivity contribution in [1.82, 2.24) is 0 Å². The van der Waals surface area contributed by atoms with Crippen molar-refractivity contribution in [2.24, 2.45) is 35.5 Å². The van der Waals surface area contributed by atoms with E-state index in [4.69, 9.17) is 4.74 Å². The molecule has 2 saturated carbocycles. The lowest BCUT2D eigenvalue weighted by Gasteiger charge is -2.29. The Kier molecular flexibility index (Phi) is 1.87. The summed E-state index contributed by atoms with van der Waals surface area (Å²) < 4.78 is 6.36. The number of allylic oxidation sites excluding steroid dienone is 2. The van der Waals surface area contributed by atoms with Crippen molar-refractivity contribution in [2.45, 2.75) is 38.9 Å². The second kappa shape index (κ2) is 3.06. The Balaban J connectivity index is 1.64. The molecule has 0 radical (unpaired) electrons. The predicted molar refractivity (Wildman–Crippen MR) is 68.5 cm³/mol. The molecule has 0 N–H and O–H groups in total. The molecule has 4 aliphatic carbocycles. The first kappa shape index (κ1) is 10.4. The van der Waals surface area contributed by atoms with Crippen LogP contribution in [0.5, 0.6) is 0 Å². The van der Waals surface area contributed by atoms with Gasteiger partial charge in [0.2, 0.25) is 0 Å². The molecule has 92 valence electrons. The van der Waals surface area contributed by atoms with Gasteiger partial charge in [0, 0.05) is 11.8 Å². The van der Waals surface area contributed by atoms with Gasteiger partial charge in [-0.3, -0.25) is 0 Å². The van der Waals surface area contributed by atoms with Crippen LogP contribution in [0.3, 0.4) is 0 Å². The molecule has 17 heavy (non-hydrogen) atoms. The van der Waals surface area contributed by atoms with E-state index in [1.807, 2.05) is 0 Å². The van der Waals surface area contributed by atoms with Crippen molar-refractivity contribution in [3.05, 3.63) is 24.3 Å². The van der Waals surface area contributed by atoms with Crippen LogP contribution in [0.4, 0.5) is 0 Å². The summed E-state index contributed by atoms with van der Waals surface area (Å²) in [4.78, 5) is 0. The van der Waals surface area contributed by atoms with Gasteiger partial charge in [0.05, 0.1) is 11.7 Å². The summed E-state index contributed by atoms with van der Waals surface area (Å²) in [7, 11) is 0. The molecule has 7 atom stereocenters. The number of fused-ring (bicyclic) bond motifs is 9. The smallest absolute Gasteiger partial charge is 0.0713 e. The monoisotopic (exact) mass is 230 g/mol. The lowest BCUT2D eigenvalue weighted by atomic mass is 9.76. The second-order valence-corrected chi connectivity index (χ2v) is 7.34. The van der Waals surface area contributed by atoms with Crippen LogP contribution in [0, 0.1) is 35.5 Å². The van der Waals surface area contributed by atoms with Crippen molar-refractivity contribution in [3.8, 4) is 0 Å². The van der Waals surface area contributed by atoms with E-state index in [-0.39, 0.29) is 5.60 Å². The van der Waals surface area contributed by atoms with Gasteiger partial charge in [0.25, 0.3) is 0 Å². The standard InChI is InChI=1S/C16H22O/c1-16(2,3)17-15-11-6-7-12(15)14-10-5-4-9(8-10)13(11)14/h4-7,9-15H,8H2,1-3H3/t9-,10+,11-,12+,13?,14?,15?. The van der Waals surface area contributed by atoms with Gasteiger partial charge in [0.15, 0.2) is 0 Å².